The van der Waals surface area contributed by atoms with Crippen LogP contribution >= 0.6 is 0 Å². The Morgan fingerprint density at radius 2 is 2.00 bits per heavy atom. The summed E-state index contributed by atoms with van der Waals surface area (Å²) in [6.07, 6.45) is 1.55. The monoisotopic (exact) mass is 281 g/mol. The van der Waals surface area contributed by atoms with Gasteiger partial charge in [0.15, 0.2) is 0 Å². The first-order valence-corrected chi connectivity index (χ1v) is 6.78. The summed E-state index contributed by atoms with van der Waals surface area (Å²) < 4.78 is 4.97. The van der Waals surface area contributed by atoms with Crippen LogP contribution in [0.4, 0.5) is 0 Å². The molecule has 0 heterocycles. The van der Waals surface area contributed by atoms with Crippen molar-refractivity contribution in [3.05, 3.63) is 23.8 Å². The van der Waals surface area contributed by atoms with Gasteiger partial charge in [-0.1, -0.05) is 13.8 Å². The molecule has 3 N–H and O–H groups in total. The summed E-state index contributed by atoms with van der Waals surface area (Å²) in [5, 5.41) is 22.0. The van der Waals surface area contributed by atoms with Crippen molar-refractivity contribution in [2.24, 2.45) is 5.41 Å². The maximum absolute atomic E-state index is 12.1. The van der Waals surface area contributed by atoms with E-state index in [9.17, 15) is 15.0 Å². The highest BCUT2D eigenvalue weighted by molar-refractivity contribution is 5.97. The van der Waals surface area contributed by atoms with E-state index in [-0.39, 0.29) is 29.2 Å². The van der Waals surface area contributed by atoms with Crippen LogP contribution in [-0.4, -0.2) is 36.4 Å². The van der Waals surface area contributed by atoms with E-state index in [0.717, 1.165) is 12.8 Å². The van der Waals surface area contributed by atoms with Gasteiger partial charge in [-0.25, -0.2) is 0 Å². The Bertz CT molecular complexity index is 447. The molecule has 0 fully saturated rings. The lowest BCUT2D eigenvalue weighted by Gasteiger charge is -2.29. The quantitative estimate of drug-likeness (QED) is 0.713. The van der Waals surface area contributed by atoms with Crippen LogP contribution < -0.4 is 10.1 Å². The fraction of sp³-hybridized carbons (Fsp3) is 0.533. The first-order valence-electron chi connectivity index (χ1n) is 6.78. The second kappa shape index (κ2) is 7.14. The number of carbonyl (C=O) groups excluding carboxylic acids is 1. The largest absolute Gasteiger partial charge is 0.507 e. The van der Waals surface area contributed by atoms with Gasteiger partial charge >= 0.3 is 0 Å². The normalized spacial score (nSPS) is 11.2. The highest BCUT2D eigenvalue weighted by Gasteiger charge is 2.26. The lowest BCUT2D eigenvalue weighted by atomic mass is 9.83. The van der Waals surface area contributed by atoms with Crippen molar-refractivity contribution < 1.29 is 19.7 Å². The second-order valence-electron chi connectivity index (χ2n) is 4.93. The Morgan fingerprint density at radius 1 is 1.35 bits per heavy atom. The number of amides is 1. The number of hydrogen-bond acceptors (Lipinski definition) is 4. The van der Waals surface area contributed by atoms with Gasteiger partial charge < -0.3 is 20.3 Å². The van der Waals surface area contributed by atoms with Crippen molar-refractivity contribution in [1.82, 2.24) is 5.32 Å². The van der Waals surface area contributed by atoms with Gasteiger partial charge in [-0.15, -0.1) is 0 Å². The lowest BCUT2D eigenvalue weighted by Crippen LogP contribution is -2.39. The molecule has 0 aliphatic carbocycles. The van der Waals surface area contributed by atoms with Crippen LogP contribution in [0, 0.1) is 5.41 Å². The smallest absolute Gasteiger partial charge is 0.255 e. The van der Waals surface area contributed by atoms with Gasteiger partial charge in [-0.05, 0) is 25.0 Å². The average Bonchev–Trinajstić information content (AvgIpc) is 2.48. The van der Waals surface area contributed by atoms with Gasteiger partial charge in [0, 0.05) is 18.0 Å². The Labute approximate surface area is 119 Å². The van der Waals surface area contributed by atoms with Gasteiger partial charge in [-0.3, -0.25) is 4.79 Å². The van der Waals surface area contributed by atoms with E-state index in [2.05, 4.69) is 5.32 Å². The van der Waals surface area contributed by atoms with Crippen molar-refractivity contribution in [2.45, 2.75) is 26.7 Å². The highest BCUT2D eigenvalue weighted by atomic mass is 16.5. The van der Waals surface area contributed by atoms with E-state index >= 15 is 0 Å². The van der Waals surface area contributed by atoms with Crippen molar-refractivity contribution in [3.8, 4) is 11.5 Å². The van der Waals surface area contributed by atoms with Gasteiger partial charge in [0.1, 0.15) is 11.5 Å². The third kappa shape index (κ3) is 3.63. The molecule has 0 bridgehead atoms. The number of hydrogen-bond donors (Lipinski definition) is 3. The zero-order valence-corrected chi connectivity index (χ0v) is 12.3. The van der Waals surface area contributed by atoms with E-state index in [1.807, 2.05) is 13.8 Å². The molecule has 20 heavy (non-hydrogen) atoms. The van der Waals surface area contributed by atoms with Gasteiger partial charge in [0.25, 0.3) is 5.91 Å². The standard InChI is InChI=1S/C15H23NO4/c1-4-15(5-2,10-17)9-16-14(19)12-7-6-11(20-3)8-13(12)18/h6-8,17-18H,4-5,9-10H2,1-3H3,(H,16,19). The fourth-order valence-corrected chi connectivity index (χ4v) is 1.97. The highest BCUT2D eigenvalue weighted by Crippen LogP contribution is 2.26. The Kier molecular flexibility index (Phi) is 5.82. The number of aliphatic hydroxyl groups is 1. The van der Waals surface area contributed by atoms with Crippen LogP contribution in [0.15, 0.2) is 18.2 Å². The molecule has 5 nitrogen and oxygen atoms in total. The molecule has 1 rings (SSSR count). The molecule has 0 radical (unpaired) electrons. The van der Waals surface area contributed by atoms with Crippen LogP contribution in [0.5, 0.6) is 11.5 Å². The SMILES string of the molecule is CCC(CC)(CO)CNC(=O)c1ccc(OC)cc1O. The molecule has 0 saturated carbocycles. The van der Waals surface area contributed by atoms with Crippen molar-refractivity contribution >= 4 is 5.91 Å². The number of phenols is 1. The zero-order chi connectivity index (χ0) is 15.2. The molecule has 1 aromatic carbocycles. The van der Waals surface area contributed by atoms with Crippen LogP contribution in [0.2, 0.25) is 0 Å². The number of benzene rings is 1. The van der Waals surface area contributed by atoms with Gasteiger partial charge in [0.05, 0.1) is 19.3 Å². The molecular formula is C15H23NO4. The predicted molar refractivity (Wildman–Crippen MR) is 77.1 cm³/mol. The van der Waals surface area contributed by atoms with E-state index in [1.165, 1.54) is 19.2 Å². The second-order valence-corrected chi connectivity index (χ2v) is 4.93. The minimum absolute atomic E-state index is 0.0227. The van der Waals surface area contributed by atoms with Crippen molar-refractivity contribution in [3.63, 3.8) is 0 Å². The Hall–Kier alpha value is -1.75. The van der Waals surface area contributed by atoms with Crippen LogP contribution in [-0.2, 0) is 0 Å². The van der Waals surface area contributed by atoms with E-state index < -0.39 is 0 Å². The average molecular weight is 281 g/mol. The molecule has 0 aromatic heterocycles. The van der Waals surface area contributed by atoms with Crippen LogP contribution in [0.1, 0.15) is 37.0 Å². The molecule has 0 spiro atoms. The number of nitrogens with one attached hydrogen (secondary N) is 1. The predicted octanol–water partition coefficient (Wildman–Crippen LogP) is 1.93. The topological polar surface area (TPSA) is 78.8 Å². The zero-order valence-electron chi connectivity index (χ0n) is 12.3. The van der Waals surface area contributed by atoms with Gasteiger partial charge in [-0.2, -0.15) is 0 Å². The van der Waals surface area contributed by atoms with Crippen molar-refractivity contribution in [2.75, 3.05) is 20.3 Å². The molecular weight excluding hydrogens is 258 g/mol. The molecule has 0 saturated heterocycles. The molecule has 1 amide bonds. The number of rotatable bonds is 7. The van der Waals surface area contributed by atoms with Crippen LogP contribution in [0.25, 0.3) is 0 Å². The third-order valence-electron chi connectivity index (χ3n) is 3.91. The summed E-state index contributed by atoms with van der Waals surface area (Å²) in [5.74, 6) is 0.0141. The summed E-state index contributed by atoms with van der Waals surface area (Å²) in [6, 6.07) is 4.53. The summed E-state index contributed by atoms with van der Waals surface area (Å²) >= 11 is 0. The lowest BCUT2D eigenvalue weighted by molar-refractivity contribution is 0.0849. The summed E-state index contributed by atoms with van der Waals surface area (Å²) in [7, 11) is 1.49. The van der Waals surface area contributed by atoms with E-state index in [4.69, 9.17) is 4.74 Å². The Morgan fingerprint density at radius 3 is 2.45 bits per heavy atom. The molecule has 112 valence electrons. The number of aromatic hydroxyl groups is 1. The van der Waals surface area contributed by atoms with E-state index in [0.29, 0.717) is 12.3 Å². The number of aliphatic hydroxyl groups excluding tert-OH is 1. The number of ether oxygens (including phenoxy) is 1. The summed E-state index contributed by atoms with van der Waals surface area (Å²) in [5.41, 5.74) is -0.109. The number of phenolic OH excluding ortho intramolecular Hbond substituents is 1. The maximum Gasteiger partial charge on any atom is 0.255 e. The summed E-state index contributed by atoms with van der Waals surface area (Å²) in [4.78, 5) is 12.1. The van der Waals surface area contributed by atoms with Crippen molar-refractivity contribution in [1.29, 1.82) is 0 Å². The molecule has 0 aliphatic rings. The summed E-state index contributed by atoms with van der Waals surface area (Å²) in [6.45, 7) is 4.36. The third-order valence-corrected chi connectivity index (χ3v) is 3.91. The molecule has 1 aromatic rings. The van der Waals surface area contributed by atoms with Gasteiger partial charge in [0.2, 0.25) is 0 Å². The fourth-order valence-electron chi connectivity index (χ4n) is 1.97. The first-order chi connectivity index (χ1) is 9.51. The number of methoxy groups -OCH3 is 1. The maximum atomic E-state index is 12.1. The first kappa shape index (κ1) is 16.3. The molecule has 5 heteroatoms. The molecule has 0 atom stereocenters. The Balaban J connectivity index is 2.77. The minimum Gasteiger partial charge on any atom is -0.507 e. The number of carbonyl (C=O) groups is 1. The molecule has 0 aliphatic heterocycles. The minimum atomic E-state index is -0.357. The molecule has 0 unspecified atom stereocenters. The van der Waals surface area contributed by atoms with E-state index in [1.54, 1.807) is 6.07 Å². The van der Waals surface area contributed by atoms with Crippen LogP contribution in [0.3, 0.4) is 0 Å².